The van der Waals surface area contributed by atoms with Gasteiger partial charge in [-0.1, -0.05) is 30.3 Å². The van der Waals surface area contributed by atoms with Crippen LogP contribution in [-0.2, 0) is 21.2 Å². The molecule has 2 rings (SSSR count). The van der Waals surface area contributed by atoms with Crippen LogP contribution in [0, 0.1) is 11.3 Å². The number of alkyl halides is 3. The number of hydrogen-bond acceptors (Lipinski definition) is 5. The summed E-state index contributed by atoms with van der Waals surface area (Å²) in [4.78, 5) is 12.1. The first kappa shape index (κ1) is 23.2. The predicted molar refractivity (Wildman–Crippen MR) is 101 cm³/mol. The third-order valence-electron chi connectivity index (χ3n) is 3.80. The Morgan fingerprint density at radius 2 is 1.73 bits per heavy atom. The Hall–Kier alpha value is -3.10. The molecule has 0 saturated carbocycles. The summed E-state index contributed by atoms with van der Waals surface area (Å²) in [5.41, 5.74) is 0.689. The maximum absolute atomic E-state index is 12.7. The van der Waals surface area contributed by atoms with Crippen molar-refractivity contribution in [2.24, 2.45) is 0 Å². The van der Waals surface area contributed by atoms with Crippen LogP contribution >= 0.6 is 0 Å². The number of rotatable bonds is 9. The van der Waals surface area contributed by atoms with E-state index in [2.05, 4.69) is 14.8 Å². The summed E-state index contributed by atoms with van der Waals surface area (Å²) in [7, 11) is -4.23. The van der Waals surface area contributed by atoms with Crippen LogP contribution in [0.5, 0.6) is 5.75 Å². The molecular weight excluding hydrogens is 423 g/mol. The van der Waals surface area contributed by atoms with E-state index in [1.54, 1.807) is 30.3 Å². The van der Waals surface area contributed by atoms with E-state index < -0.39 is 34.1 Å². The summed E-state index contributed by atoms with van der Waals surface area (Å²) < 4.78 is 68.1. The van der Waals surface area contributed by atoms with Gasteiger partial charge in [0.15, 0.2) is 0 Å². The molecule has 2 N–H and O–H groups in total. The second-order valence-corrected chi connectivity index (χ2v) is 7.80. The van der Waals surface area contributed by atoms with Crippen molar-refractivity contribution in [2.75, 3.05) is 6.54 Å². The quantitative estimate of drug-likeness (QED) is 0.582. The van der Waals surface area contributed by atoms with Crippen LogP contribution in [0.3, 0.4) is 0 Å². The molecule has 0 bridgehead atoms. The van der Waals surface area contributed by atoms with E-state index in [4.69, 9.17) is 5.26 Å². The highest BCUT2D eigenvalue weighted by atomic mass is 32.2. The van der Waals surface area contributed by atoms with E-state index in [1.165, 1.54) is 0 Å². The maximum atomic E-state index is 12.7. The van der Waals surface area contributed by atoms with Gasteiger partial charge in [0.25, 0.3) is 0 Å². The van der Waals surface area contributed by atoms with Crippen LogP contribution in [0.15, 0.2) is 59.5 Å². The average Bonchev–Trinajstić information content (AvgIpc) is 2.67. The lowest BCUT2D eigenvalue weighted by Crippen LogP contribution is -2.48. The molecule has 11 heteroatoms. The summed E-state index contributed by atoms with van der Waals surface area (Å²) >= 11 is 0. The Labute approximate surface area is 171 Å². The Morgan fingerprint density at radius 1 is 1.10 bits per heavy atom. The highest BCUT2D eigenvalue weighted by Crippen LogP contribution is 2.24. The van der Waals surface area contributed by atoms with E-state index in [0.29, 0.717) is 5.56 Å². The van der Waals surface area contributed by atoms with Crippen LogP contribution in [0.2, 0.25) is 0 Å². The van der Waals surface area contributed by atoms with E-state index in [1.807, 2.05) is 6.07 Å². The van der Waals surface area contributed by atoms with Crippen molar-refractivity contribution in [1.29, 1.82) is 5.26 Å². The summed E-state index contributed by atoms with van der Waals surface area (Å²) in [6.45, 7) is 0.0474. The molecule has 0 spiro atoms. The van der Waals surface area contributed by atoms with Crippen molar-refractivity contribution in [3.8, 4) is 11.8 Å². The number of benzene rings is 2. The Bertz CT molecular complexity index is 988. The summed E-state index contributed by atoms with van der Waals surface area (Å²) in [5.74, 6) is -1.20. The lowest BCUT2D eigenvalue weighted by Gasteiger charge is -2.19. The number of ether oxygens (including phenoxy) is 1. The van der Waals surface area contributed by atoms with Gasteiger partial charge in [-0.25, -0.2) is 8.42 Å². The summed E-state index contributed by atoms with van der Waals surface area (Å²) in [5, 5.41) is 11.1. The van der Waals surface area contributed by atoms with Crippen molar-refractivity contribution < 1.29 is 31.1 Å². The normalized spacial score (nSPS) is 12.6. The smallest absolute Gasteiger partial charge is 0.406 e. The minimum absolute atomic E-state index is 0.0354. The lowest BCUT2D eigenvalue weighted by atomic mass is 10.1. The molecule has 0 saturated heterocycles. The van der Waals surface area contributed by atoms with Crippen LogP contribution < -0.4 is 14.8 Å². The van der Waals surface area contributed by atoms with Gasteiger partial charge in [-0.2, -0.15) is 9.98 Å². The number of carbonyl (C=O) groups excluding carboxylic acids is 1. The Kier molecular flexibility index (Phi) is 7.79. The first-order valence-electron chi connectivity index (χ1n) is 8.67. The molecule has 0 aliphatic rings. The van der Waals surface area contributed by atoms with Gasteiger partial charge in [-0.15, -0.1) is 13.2 Å². The zero-order valence-corrected chi connectivity index (χ0v) is 16.3. The standard InChI is InChI=1S/C19H18F3N3O4S/c20-19(21,22)29-15-7-9-16(10-8-15)30(27,28)25-17(18(26)24-12-4-11-23)13-14-5-2-1-3-6-14/h1-3,5-10,17,25H,4,12-13H2,(H,24,26). The number of sulfonamides is 1. The van der Waals surface area contributed by atoms with Gasteiger partial charge in [0, 0.05) is 6.54 Å². The van der Waals surface area contributed by atoms with Gasteiger partial charge in [-0.3, -0.25) is 4.79 Å². The summed E-state index contributed by atoms with van der Waals surface area (Å²) in [6.07, 6.45) is -4.81. The van der Waals surface area contributed by atoms with Crippen LogP contribution in [0.4, 0.5) is 13.2 Å². The fourth-order valence-corrected chi connectivity index (χ4v) is 3.67. The highest BCUT2D eigenvalue weighted by Gasteiger charge is 2.31. The van der Waals surface area contributed by atoms with Crippen LogP contribution in [0.25, 0.3) is 0 Å². The number of carbonyl (C=O) groups is 1. The third kappa shape index (κ3) is 7.38. The van der Waals surface area contributed by atoms with E-state index >= 15 is 0 Å². The molecule has 30 heavy (non-hydrogen) atoms. The number of nitriles is 1. The van der Waals surface area contributed by atoms with Gasteiger partial charge in [0.2, 0.25) is 15.9 Å². The molecule has 0 aliphatic heterocycles. The van der Waals surface area contributed by atoms with Crippen LogP contribution in [0.1, 0.15) is 12.0 Å². The van der Waals surface area contributed by atoms with Gasteiger partial charge >= 0.3 is 6.36 Å². The van der Waals surface area contributed by atoms with Gasteiger partial charge in [0.05, 0.1) is 17.4 Å². The lowest BCUT2D eigenvalue weighted by molar-refractivity contribution is -0.274. The molecule has 1 amide bonds. The molecule has 1 atom stereocenters. The molecule has 0 fully saturated rings. The molecule has 7 nitrogen and oxygen atoms in total. The SMILES string of the molecule is N#CCCNC(=O)C(Cc1ccccc1)NS(=O)(=O)c1ccc(OC(F)(F)F)cc1. The molecule has 2 aromatic rings. The monoisotopic (exact) mass is 441 g/mol. The second-order valence-electron chi connectivity index (χ2n) is 6.08. The van der Waals surface area contributed by atoms with Gasteiger partial charge < -0.3 is 10.1 Å². The molecule has 1 unspecified atom stereocenters. The molecular formula is C19H18F3N3O4S. The molecule has 0 heterocycles. The van der Waals surface area contributed by atoms with Crippen molar-refractivity contribution in [3.63, 3.8) is 0 Å². The molecule has 0 aliphatic carbocycles. The predicted octanol–water partition coefficient (Wildman–Crippen LogP) is 2.50. The molecule has 0 aromatic heterocycles. The van der Waals surface area contributed by atoms with Crippen molar-refractivity contribution in [2.45, 2.75) is 30.1 Å². The first-order valence-corrected chi connectivity index (χ1v) is 10.2. The van der Waals surface area contributed by atoms with Crippen LogP contribution in [-0.4, -0.2) is 33.3 Å². The Balaban J connectivity index is 2.19. The largest absolute Gasteiger partial charge is 0.573 e. The molecule has 0 radical (unpaired) electrons. The van der Waals surface area contributed by atoms with E-state index in [9.17, 15) is 26.4 Å². The van der Waals surface area contributed by atoms with Crippen molar-refractivity contribution in [1.82, 2.24) is 10.0 Å². The fourth-order valence-electron chi connectivity index (χ4n) is 2.48. The number of hydrogen-bond donors (Lipinski definition) is 2. The topological polar surface area (TPSA) is 108 Å². The highest BCUT2D eigenvalue weighted by molar-refractivity contribution is 7.89. The van der Waals surface area contributed by atoms with E-state index in [-0.39, 0.29) is 24.3 Å². The Morgan fingerprint density at radius 3 is 2.30 bits per heavy atom. The zero-order chi connectivity index (χ0) is 22.2. The third-order valence-corrected chi connectivity index (χ3v) is 5.29. The number of amides is 1. The van der Waals surface area contributed by atoms with Crippen molar-refractivity contribution >= 4 is 15.9 Å². The number of nitrogens with zero attached hydrogens (tertiary/aromatic N) is 1. The number of nitrogens with one attached hydrogen (secondary N) is 2. The minimum Gasteiger partial charge on any atom is -0.406 e. The fraction of sp³-hybridized carbons (Fsp3) is 0.263. The minimum atomic E-state index is -4.90. The first-order chi connectivity index (χ1) is 14.1. The van der Waals surface area contributed by atoms with Gasteiger partial charge in [-0.05, 0) is 36.2 Å². The van der Waals surface area contributed by atoms with Crippen molar-refractivity contribution in [3.05, 3.63) is 60.2 Å². The summed E-state index contributed by atoms with van der Waals surface area (Å²) in [6, 6.07) is 12.9. The van der Waals surface area contributed by atoms with Gasteiger partial charge in [0.1, 0.15) is 11.8 Å². The number of halogens is 3. The second kappa shape index (κ2) is 10.1. The van der Waals surface area contributed by atoms with E-state index in [0.717, 1.165) is 24.3 Å². The maximum Gasteiger partial charge on any atom is 0.573 e. The average molecular weight is 441 g/mol. The molecule has 160 valence electrons. The molecule has 2 aromatic carbocycles. The zero-order valence-electron chi connectivity index (χ0n) is 15.5.